The SMILES string of the molecule is CCNC(C)c1sc(-c2cc(OC)cc(OC)c2)nc1C. The Bertz CT molecular complexity index is 588. The van der Waals surface area contributed by atoms with Crippen LogP contribution in [0.5, 0.6) is 11.5 Å². The molecule has 1 aromatic carbocycles. The van der Waals surface area contributed by atoms with Gasteiger partial charge in [-0.3, -0.25) is 0 Å². The molecule has 2 aromatic rings. The van der Waals surface area contributed by atoms with Crippen molar-refractivity contribution < 1.29 is 9.47 Å². The van der Waals surface area contributed by atoms with E-state index < -0.39 is 0 Å². The van der Waals surface area contributed by atoms with Gasteiger partial charge in [0, 0.05) is 22.5 Å². The molecule has 0 saturated carbocycles. The molecule has 5 heteroatoms. The number of hydrogen-bond acceptors (Lipinski definition) is 5. The van der Waals surface area contributed by atoms with E-state index in [0.717, 1.165) is 34.3 Å². The Kier molecular flexibility index (Phi) is 5.20. The first-order valence-electron chi connectivity index (χ1n) is 7.03. The summed E-state index contributed by atoms with van der Waals surface area (Å²) in [6, 6.07) is 6.16. The molecule has 0 aliphatic heterocycles. The number of benzene rings is 1. The molecule has 0 amide bonds. The van der Waals surface area contributed by atoms with Gasteiger partial charge in [0.2, 0.25) is 0 Å². The number of rotatable bonds is 6. The van der Waals surface area contributed by atoms with Crippen molar-refractivity contribution in [1.29, 1.82) is 0 Å². The average Bonchev–Trinajstić information content (AvgIpc) is 2.89. The topological polar surface area (TPSA) is 43.4 Å². The number of aromatic nitrogens is 1. The lowest BCUT2D eigenvalue weighted by atomic mass is 10.2. The second kappa shape index (κ2) is 6.91. The second-order valence-electron chi connectivity index (χ2n) is 4.85. The Balaban J connectivity index is 2.40. The summed E-state index contributed by atoms with van der Waals surface area (Å²) < 4.78 is 10.7. The van der Waals surface area contributed by atoms with E-state index in [2.05, 4.69) is 26.1 Å². The van der Waals surface area contributed by atoms with Crippen LogP contribution in [0.2, 0.25) is 0 Å². The normalized spacial score (nSPS) is 12.2. The van der Waals surface area contributed by atoms with Gasteiger partial charge >= 0.3 is 0 Å². The molecular weight excluding hydrogens is 284 g/mol. The third-order valence-electron chi connectivity index (χ3n) is 3.33. The van der Waals surface area contributed by atoms with Gasteiger partial charge in [-0.15, -0.1) is 11.3 Å². The lowest BCUT2D eigenvalue weighted by Crippen LogP contribution is -2.17. The quantitative estimate of drug-likeness (QED) is 0.881. The average molecular weight is 306 g/mol. The number of aryl methyl sites for hydroxylation is 1. The molecule has 21 heavy (non-hydrogen) atoms. The summed E-state index contributed by atoms with van der Waals surface area (Å²) in [6.45, 7) is 7.28. The molecule has 2 rings (SSSR count). The standard InChI is InChI=1S/C16H22N2O2S/c1-6-17-10(2)15-11(3)18-16(21-15)12-7-13(19-4)9-14(8-12)20-5/h7-10,17H,6H2,1-5H3. The molecule has 1 N–H and O–H groups in total. The highest BCUT2D eigenvalue weighted by molar-refractivity contribution is 7.15. The summed E-state index contributed by atoms with van der Waals surface area (Å²) in [4.78, 5) is 5.97. The second-order valence-corrected chi connectivity index (χ2v) is 5.88. The van der Waals surface area contributed by atoms with Crippen LogP contribution in [0.3, 0.4) is 0 Å². The Morgan fingerprint density at radius 2 is 1.81 bits per heavy atom. The number of thiazole rings is 1. The molecule has 0 saturated heterocycles. The van der Waals surface area contributed by atoms with Crippen LogP contribution in [0.25, 0.3) is 10.6 Å². The van der Waals surface area contributed by atoms with E-state index in [9.17, 15) is 0 Å². The Hall–Kier alpha value is -1.59. The van der Waals surface area contributed by atoms with Gasteiger partial charge in [0.05, 0.1) is 19.9 Å². The molecule has 0 radical (unpaired) electrons. The highest BCUT2D eigenvalue weighted by Gasteiger charge is 2.15. The molecule has 0 spiro atoms. The van der Waals surface area contributed by atoms with E-state index in [1.54, 1.807) is 25.6 Å². The summed E-state index contributed by atoms with van der Waals surface area (Å²) in [5.41, 5.74) is 2.10. The number of ether oxygens (including phenoxy) is 2. The summed E-state index contributed by atoms with van der Waals surface area (Å²) in [5, 5.41) is 4.42. The largest absolute Gasteiger partial charge is 0.497 e. The van der Waals surface area contributed by atoms with Crippen LogP contribution in [0.15, 0.2) is 18.2 Å². The predicted octanol–water partition coefficient (Wildman–Crippen LogP) is 3.81. The van der Waals surface area contributed by atoms with Gasteiger partial charge < -0.3 is 14.8 Å². The van der Waals surface area contributed by atoms with E-state index in [1.807, 2.05) is 18.2 Å². The zero-order valence-corrected chi connectivity index (χ0v) is 14.0. The third-order valence-corrected chi connectivity index (χ3v) is 4.72. The van der Waals surface area contributed by atoms with E-state index in [1.165, 1.54) is 4.88 Å². The summed E-state index contributed by atoms with van der Waals surface area (Å²) in [6.07, 6.45) is 0. The first kappa shape index (κ1) is 15.8. The van der Waals surface area contributed by atoms with E-state index in [0.29, 0.717) is 6.04 Å². The molecule has 0 aliphatic rings. The van der Waals surface area contributed by atoms with Crippen molar-refractivity contribution >= 4 is 11.3 Å². The summed E-state index contributed by atoms with van der Waals surface area (Å²) in [7, 11) is 3.31. The van der Waals surface area contributed by atoms with E-state index in [-0.39, 0.29) is 0 Å². The minimum atomic E-state index is 0.314. The maximum Gasteiger partial charge on any atom is 0.124 e. The van der Waals surface area contributed by atoms with Crippen LogP contribution in [0.4, 0.5) is 0 Å². The first-order valence-corrected chi connectivity index (χ1v) is 7.84. The highest BCUT2D eigenvalue weighted by Crippen LogP contribution is 2.35. The van der Waals surface area contributed by atoms with Gasteiger partial charge in [0.25, 0.3) is 0 Å². The monoisotopic (exact) mass is 306 g/mol. The minimum absolute atomic E-state index is 0.314. The fraction of sp³-hybridized carbons (Fsp3) is 0.438. The van der Waals surface area contributed by atoms with Crippen molar-refractivity contribution in [2.75, 3.05) is 20.8 Å². The molecular formula is C16H22N2O2S. The third kappa shape index (κ3) is 3.54. The molecule has 1 heterocycles. The Labute approximate surface area is 130 Å². The summed E-state index contributed by atoms with van der Waals surface area (Å²) in [5.74, 6) is 1.55. The molecule has 0 aliphatic carbocycles. The molecule has 0 fully saturated rings. The minimum Gasteiger partial charge on any atom is -0.497 e. The predicted molar refractivity (Wildman–Crippen MR) is 87.5 cm³/mol. The van der Waals surface area contributed by atoms with Crippen LogP contribution in [-0.4, -0.2) is 25.7 Å². The number of nitrogens with one attached hydrogen (secondary N) is 1. The van der Waals surface area contributed by atoms with Crippen LogP contribution in [0, 0.1) is 6.92 Å². The van der Waals surface area contributed by atoms with Crippen molar-refractivity contribution in [3.63, 3.8) is 0 Å². The van der Waals surface area contributed by atoms with Crippen molar-refractivity contribution in [1.82, 2.24) is 10.3 Å². The Morgan fingerprint density at radius 1 is 1.19 bits per heavy atom. The maximum atomic E-state index is 5.33. The lowest BCUT2D eigenvalue weighted by Gasteiger charge is -2.10. The maximum absolute atomic E-state index is 5.33. The van der Waals surface area contributed by atoms with Gasteiger partial charge in [-0.05, 0) is 32.5 Å². The van der Waals surface area contributed by atoms with E-state index >= 15 is 0 Å². The number of methoxy groups -OCH3 is 2. The summed E-state index contributed by atoms with van der Waals surface area (Å²) >= 11 is 1.71. The fourth-order valence-electron chi connectivity index (χ4n) is 2.26. The molecule has 1 atom stereocenters. The molecule has 1 aromatic heterocycles. The highest BCUT2D eigenvalue weighted by atomic mass is 32.1. The van der Waals surface area contributed by atoms with Gasteiger partial charge in [0.15, 0.2) is 0 Å². The molecule has 114 valence electrons. The zero-order chi connectivity index (χ0) is 15.4. The van der Waals surface area contributed by atoms with Crippen LogP contribution in [0.1, 0.15) is 30.5 Å². The zero-order valence-electron chi connectivity index (χ0n) is 13.2. The Morgan fingerprint density at radius 3 is 2.33 bits per heavy atom. The fourth-order valence-corrected chi connectivity index (χ4v) is 3.34. The van der Waals surface area contributed by atoms with Gasteiger partial charge in [0.1, 0.15) is 16.5 Å². The molecule has 0 bridgehead atoms. The van der Waals surface area contributed by atoms with Gasteiger partial charge in [-0.2, -0.15) is 0 Å². The smallest absolute Gasteiger partial charge is 0.124 e. The van der Waals surface area contributed by atoms with Crippen molar-refractivity contribution in [3.05, 3.63) is 28.8 Å². The van der Waals surface area contributed by atoms with Crippen LogP contribution in [-0.2, 0) is 0 Å². The lowest BCUT2D eigenvalue weighted by molar-refractivity contribution is 0.394. The molecule has 4 nitrogen and oxygen atoms in total. The van der Waals surface area contributed by atoms with Crippen LogP contribution >= 0.6 is 11.3 Å². The van der Waals surface area contributed by atoms with Crippen molar-refractivity contribution in [2.45, 2.75) is 26.8 Å². The van der Waals surface area contributed by atoms with Crippen molar-refractivity contribution in [2.24, 2.45) is 0 Å². The van der Waals surface area contributed by atoms with Gasteiger partial charge in [-0.25, -0.2) is 4.98 Å². The number of nitrogens with zero attached hydrogens (tertiary/aromatic N) is 1. The van der Waals surface area contributed by atoms with E-state index in [4.69, 9.17) is 14.5 Å². The van der Waals surface area contributed by atoms with Crippen molar-refractivity contribution in [3.8, 4) is 22.1 Å². The van der Waals surface area contributed by atoms with Gasteiger partial charge in [-0.1, -0.05) is 6.92 Å². The van der Waals surface area contributed by atoms with Crippen LogP contribution < -0.4 is 14.8 Å². The first-order chi connectivity index (χ1) is 10.1. The molecule has 1 unspecified atom stereocenters. The number of hydrogen-bond donors (Lipinski definition) is 1.